The van der Waals surface area contributed by atoms with Crippen LogP contribution in [0.5, 0.6) is 0 Å². The summed E-state index contributed by atoms with van der Waals surface area (Å²) < 4.78 is 13.5. The minimum absolute atomic E-state index is 0.0328. The van der Waals surface area contributed by atoms with Gasteiger partial charge in [0.1, 0.15) is 18.3 Å². The molecule has 10 heteroatoms. The molecule has 2 aromatic rings. The number of imidazole rings is 1. The molecule has 4 N–H and O–H groups in total. The lowest BCUT2D eigenvalue weighted by Crippen LogP contribution is -2.34. The number of anilines is 1. The Hall–Kier alpha value is -2.01. The molecule has 2 aromatic heterocycles. The molecule has 3 rings (SSSR count). The van der Waals surface area contributed by atoms with Crippen LogP contribution >= 0.6 is 0 Å². The summed E-state index contributed by atoms with van der Waals surface area (Å²) in [4.78, 5) is 20.3. The van der Waals surface area contributed by atoms with Gasteiger partial charge in [-0.3, -0.25) is 13.9 Å². The highest BCUT2D eigenvalue weighted by molar-refractivity contribution is 5.71. The van der Waals surface area contributed by atoms with E-state index in [-0.39, 0.29) is 29.3 Å². The van der Waals surface area contributed by atoms with Gasteiger partial charge in [0, 0.05) is 14.2 Å². The number of fused-ring (bicyclic) bond motifs is 1. The minimum atomic E-state index is -1.01. The van der Waals surface area contributed by atoms with Crippen LogP contribution in [0.15, 0.2) is 11.1 Å². The average molecular weight is 311 g/mol. The van der Waals surface area contributed by atoms with Crippen molar-refractivity contribution in [2.24, 2.45) is 7.05 Å². The van der Waals surface area contributed by atoms with Crippen molar-refractivity contribution < 1.29 is 19.7 Å². The van der Waals surface area contributed by atoms with Crippen LogP contribution in [0.3, 0.4) is 0 Å². The predicted molar refractivity (Wildman–Crippen MR) is 75.0 cm³/mol. The maximum atomic E-state index is 12.1. The fourth-order valence-corrected chi connectivity index (χ4v) is 2.60. The van der Waals surface area contributed by atoms with Crippen LogP contribution in [0.2, 0.25) is 0 Å². The van der Waals surface area contributed by atoms with Gasteiger partial charge in [0.25, 0.3) is 5.56 Å². The number of aliphatic hydroxyl groups is 2. The Labute approximate surface area is 124 Å². The molecule has 1 aliphatic rings. The van der Waals surface area contributed by atoms with Crippen LogP contribution in [0, 0.1) is 0 Å². The van der Waals surface area contributed by atoms with Gasteiger partial charge in [-0.2, -0.15) is 4.98 Å². The van der Waals surface area contributed by atoms with Crippen molar-refractivity contribution >= 4 is 17.1 Å². The first-order chi connectivity index (χ1) is 10.5. The van der Waals surface area contributed by atoms with E-state index in [0.29, 0.717) is 0 Å². The monoisotopic (exact) mass is 311 g/mol. The van der Waals surface area contributed by atoms with Crippen molar-refractivity contribution in [1.29, 1.82) is 0 Å². The van der Waals surface area contributed by atoms with Crippen LogP contribution in [0.4, 0.5) is 5.95 Å². The molecule has 1 saturated heterocycles. The molecule has 4 atom stereocenters. The van der Waals surface area contributed by atoms with Gasteiger partial charge in [0.2, 0.25) is 5.95 Å². The topological polar surface area (TPSA) is 138 Å². The van der Waals surface area contributed by atoms with Gasteiger partial charge in [-0.25, -0.2) is 4.98 Å². The third-order valence-corrected chi connectivity index (χ3v) is 3.88. The number of rotatable bonds is 3. The van der Waals surface area contributed by atoms with Gasteiger partial charge in [-0.05, 0) is 0 Å². The Morgan fingerprint density at radius 1 is 1.55 bits per heavy atom. The summed E-state index contributed by atoms with van der Waals surface area (Å²) in [7, 11) is 2.92. The Bertz CT molecular complexity index is 756. The third kappa shape index (κ3) is 2.00. The van der Waals surface area contributed by atoms with Crippen molar-refractivity contribution in [3.05, 3.63) is 16.7 Å². The molecule has 1 aliphatic heterocycles. The normalized spacial score (nSPS) is 28.5. The van der Waals surface area contributed by atoms with Crippen LogP contribution in [0.1, 0.15) is 6.23 Å². The lowest BCUT2D eigenvalue weighted by Gasteiger charge is -2.20. The first kappa shape index (κ1) is 14.9. The molecule has 1 fully saturated rings. The lowest BCUT2D eigenvalue weighted by molar-refractivity contribution is -0.0583. The molecule has 0 aromatic carbocycles. The number of hydrogen-bond donors (Lipinski definition) is 3. The highest BCUT2D eigenvalue weighted by Gasteiger charge is 2.45. The molecule has 10 nitrogen and oxygen atoms in total. The van der Waals surface area contributed by atoms with Crippen LogP contribution in [-0.4, -0.2) is 61.3 Å². The van der Waals surface area contributed by atoms with Gasteiger partial charge in [-0.1, -0.05) is 0 Å². The number of aromatic nitrogens is 4. The summed E-state index contributed by atoms with van der Waals surface area (Å²) in [5, 5.41) is 19.3. The lowest BCUT2D eigenvalue weighted by atomic mass is 10.1. The first-order valence-corrected chi connectivity index (χ1v) is 6.65. The van der Waals surface area contributed by atoms with E-state index >= 15 is 0 Å². The van der Waals surface area contributed by atoms with Crippen molar-refractivity contribution in [2.75, 3.05) is 19.5 Å². The molecule has 0 amide bonds. The molecular formula is C12H17N5O5. The zero-order valence-electron chi connectivity index (χ0n) is 12.1. The summed E-state index contributed by atoms with van der Waals surface area (Å²) in [6.07, 6.45) is -1.94. The summed E-state index contributed by atoms with van der Waals surface area (Å²) >= 11 is 0. The van der Waals surface area contributed by atoms with Crippen LogP contribution in [-0.2, 0) is 16.5 Å². The number of aliphatic hydroxyl groups excluding tert-OH is 2. The minimum Gasteiger partial charge on any atom is -0.394 e. The zero-order valence-corrected chi connectivity index (χ0v) is 12.1. The summed E-state index contributed by atoms with van der Waals surface area (Å²) in [5.41, 5.74) is 5.70. The molecule has 0 bridgehead atoms. The SMILES string of the molecule is COC1C(O)[C@@H](CO)O[C@H]1n1cnc2c(=O)n(C)c(N)nc21. The Morgan fingerprint density at radius 2 is 2.27 bits per heavy atom. The fourth-order valence-electron chi connectivity index (χ4n) is 2.60. The maximum absolute atomic E-state index is 12.1. The molecule has 0 saturated carbocycles. The molecule has 3 heterocycles. The molecular weight excluding hydrogens is 294 g/mol. The molecule has 0 radical (unpaired) electrons. The second-order valence-electron chi connectivity index (χ2n) is 5.10. The van der Waals surface area contributed by atoms with Crippen molar-refractivity contribution in [1.82, 2.24) is 19.1 Å². The molecule has 120 valence electrons. The van der Waals surface area contributed by atoms with E-state index in [0.717, 1.165) is 0 Å². The van der Waals surface area contributed by atoms with E-state index in [9.17, 15) is 15.0 Å². The quantitative estimate of drug-likeness (QED) is 0.590. The van der Waals surface area contributed by atoms with Gasteiger partial charge in [-0.15, -0.1) is 0 Å². The van der Waals surface area contributed by atoms with E-state index in [2.05, 4.69) is 9.97 Å². The van der Waals surface area contributed by atoms with Crippen LogP contribution in [0.25, 0.3) is 11.2 Å². The number of ether oxygens (including phenoxy) is 2. The average Bonchev–Trinajstić information content (AvgIpc) is 3.05. The Balaban J connectivity index is 2.13. The number of nitrogens with two attached hydrogens (primary N) is 1. The summed E-state index contributed by atoms with van der Waals surface area (Å²) in [6.45, 7) is -0.360. The number of nitrogens with zero attached hydrogens (tertiary/aromatic N) is 4. The van der Waals surface area contributed by atoms with E-state index in [1.165, 1.54) is 29.6 Å². The second kappa shape index (κ2) is 5.32. The maximum Gasteiger partial charge on any atom is 0.282 e. The number of nitrogen functional groups attached to an aromatic ring is 1. The van der Waals surface area contributed by atoms with Gasteiger partial charge in [0.15, 0.2) is 17.4 Å². The third-order valence-electron chi connectivity index (χ3n) is 3.88. The largest absolute Gasteiger partial charge is 0.394 e. The highest BCUT2D eigenvalue weighted by atomic mass is 16.6. The van der Waals surface area contributed by atoms with E-state index in [1.807, 2.05) is 0 Å². The predicted octanol–water partition coefficient (Wildman–Crippen LogP) is -2.02. The van der Waals surface area contributed by atoms with Crippen molar-refractivity contribution in [3.63, 3.8) is 0 Å². The van der Waals surface area contributed by atoms with Crippen LogP contribution < -0.4 is 11.3 Å². The summed E-state index contributed by atoms with van der Waals surface area (Å²) in [5.74, 6) is 0.0328. The van der Waals surface area contributed by atoms with E-state index in [1.54, 1.807) is 0 Å². The fraction of sp³-hybridized carbons (Fsp3) is 0.583. The first-order valence-electron chi connectivity index (χ1n) is 6.65. The molecule has 0 aliphatic carbocycles. The van der Waals surface area contributed by atoms with Crippen molar-refractivity contribution in [2.45, 2.75) is 24.5 Å². The number of methoxy groups -OCH3 is 1. The van der Waals surface area contributed by atoms with Gasteiger partial charge in [0.05, 0.1) is 12.9 Å². The molecule has 2 unspecified atom stereocenters. The highest BCUT2D eigenvalue weighted by Crippen LogP contribution is 2.32. The molecule has 0 spiro atoms. The van der Waals surface area contributed by atoms with Crippen molar-refractivity contribution in [3.8, 4) is 0 Å². The van der Waals surface area contributed by atoms with E-state index in [4.69, 9.17) is 15.2 Å². The number of hydrogen-bond acceptors (Lipinski definition) is 8. The second-order valence-corrected chi connectivity index (χ2v) is 5.10. The van der Waals surface area contributed by atoms with E-state index < -0.39 is 24.5 Å². The van der Waals surface area contributed by atoms with Gasteiger partial charge < -0.3 is 25.4 Å². The zero-order chi connectivity index (χ0) is 16.0. The summed E-state index contributed by atoms with van der Waals surface area (Å²) in [6, 6.07) is 0. The Kier molecular flexibility index (Phi) is 3.60. The standard InChI is InChI=1S/C12H17N5O5/c1-16-10(20)6-9(15-12(16)13)17(4-14-6)11-8(21-2)7(19)5(3-18)22-11/h4-5,7-8,11,18-19H,3H2,1-2H3,(H2,13,15)/t5-,7?,8?,11-/m1/s1. The Morgan fingerprint density at radius 3 is 2.91 bits per heavy atom. The smallest absolute Gasteiger partial charge is 0.282 e. The molecule has 22 heavy (non-hydrogen) atoms. The van der Waals surface area contributed by atoms with Gasteiger partial charge >= 0.3 is 0 Å².